The van der Waals surface area contributed by atoms with Crippen molar-refractivity contribution in [3.05, 3.63) is 70.3 Å². The smallest absolute Gasteiger partial charge is 0.0457 e. The molecule has 0 fully saturated rings. The van der Waals surface area contributed by atoms with Gasteiger partial charge in [0, 0.05) is 34.7 Å². The van der Waals surface area contributed by atoms with Crippen molar-refractivity contribution >= 4 is 26.8 Å². The molecule has 1 aromatic heterocycles. The third-order valence-electron chi connectivity index (χ3n) is 3.24. The van der Waals surface area contributed by atoms with Crippen molar-refractivity contribution in [3.8, 4) is 0 Å². The van der Waals surface area contributed by atoms with Crippen LogP contribution in [0.4, 0.5) is 0 Å². The van der Waals surface area contributed by atoms with Crippen LogP contribution in [0, 0.1) is 0 Å². The lowest BCUT2D eigenvalue weighted by atomic mass is 10.1. The van der Waals surface area contributed by atoms with E-state index < -0.39 is 0 Å². The largest absolute Gasteiger partial charge is 0.361 e. The molecule has 0 unspecified atom stereocenters. The van der Waals surface area contributed by atoms with Gasteiger partial charge in [-0.3, -0.25) is 0 Å². The van der Waals surface area contributed by atoms with Crippen molar-refractivity contribution in [2.75, 3.05) is 0 Å². The summed E-state index contributed by atoms with van der Waals surface area (Å²) in [7, 11) is 0. The summed E-state index contributed by atoms with van der Waals surface area (Å²) in [4.78, 5) is 3.24. The molecule has 3 heteroatoms. The second-order valence-corrected chi connectivity index (χ2v) is 5.50. The van der Waals surface area contributed by atoms with Crippen molar-refractivity contribution in [1.29, 1.82) is 0 Å². The molecule has 0 bridgehead atoms. The molecule has 2 aromatic carbocycles. The van der Waals surface area contributed by atoms with Crippen LogP contribution in [-0.4, -0.2) is 4.98 Å². The molecule has 3 rings (SSSR count). The number of halogens is 1. The van der Waals surface area contributed by atoms with Gasteiger partial charge in [-0.05, 0) is 35.4 Å². The van der Waals surface area contributed by atoms with Crippen molar-refractivity contribution in [1.82, 2.24) is 10.3 Å². The second-order valence-electron chi connectivity index (χ2n) is 4.59. The maximum Gasteiger partial charge on any atom is 0.0457 e. The highest BCUT2D eigenvalue weighted by Crippen LogP contribution is 2.17. The number of hydrogen-bond donors (Lipinski definition) is 2. The lowest BCUT2D eigenvalue weighted by Gasteiger charge is -2.06. The van der Waals surface area contributed by atoms with E-state index in [1.807, 2.05) is 6.20 Å². The molecule has 19 heavy (non-hydrogen) atoms. The topological polar surface area (TPSA) is 27.8 Å². The summed E-state index contributed by atoms with van der Waals surface area (Å²) in [5.41, 5.74) is 3.82. The Hall–Kier alpha value is -1.58. The molecular formula is C16H15BrN2. The predicted molar refractivity (Wildman–Crippen MR) is 83.0 cm³/mol. The Balaban J connectivity index is 1.66. The Morgan fingerprint density at radius 2 is 1.79 bits per heavy atom. The molecule has 0 spiro atoms. The van der Waals surface area contributed by atoms with Crippen LogP contribution in [0.5, 0.6) is 0 Å². The molecule has 3 aromatic rings. The fraction of sp³-hybridized carbons (Fsp3) is 0.125. The van der Waals surface area contributed by atoms with Gasteiger partial charge >= 0.3 is 0 Å². The number of rotatable bonds is 4. The normalized spacial score (nSPS) is 11.0. The molecule has 96 valence electrons. The zero-order valence-electron chi connectivity index (χ0n) is 10.5. The summed E-state index contributed by atoms with van der Waals surface area (Å²) in [5.74, 6) is 0. The number of H-pyrrole nitrogens is 1. The van der Waals surface area contributed by atoms with Gasteiger partial charge in [-0.25, -0.2) is 0 Å². The van der Waals surface area contributed by atoms with Gasteiger partial charge < -0.3 is 10.3 Å². The Morgan fingerprint density at radius 3 is 2.63 bits per heavy atom. The molecule has 0 saturated carbocycles. The van der Waals surface area contributed by atoms with Crippen molar-refractivity contribution in [3.63, 3.8) is 0 Å². The first-order chi connectivity index (χ1) is 9.33. The molecule has 1 heterocycles. The summed E-state index contributed by atoms with van der Waals surface area (Å²) in [5, 5.41) is 4.79. The monoisotopic (exact) mass is 314 g/mol. The van der Waals surface area contributed by atoms with Gasteiger partial charge in [0.2, 0.25) is 0 Å². The minimum absolute atomic E-state index is 0.880. The minimum Gasteiger partial charge on any atom is -0.361 e. The lowest BCUT2D eigenvalue weighted by molar-refractivity contribution is 0.696. The number of hydrogen-bond acceptors (Lipinski definition) is 1. The Labute approximate surface area is 121 Å². The van der Waals surface area contributed by atoms with E-state index in [0.29, 0.717) is 0 Å². The van der Waals surface area contributed by atoms with E-state index in [4.69, 9.17) is 0 Å². The van der Waals surface area contributed by atoms with E-state index in [-0.39, 0.29) is 0 Å². The molecule has 0 aliphatic carbocycles. The average Bonchev–Trinajstić information content (AvgIpc) is 2.90. The van der Waals surface area contributed by atoms with Crippen molar-refractivity contribution in [2.45, 2.75) is 13.1 Å². The molecule has 0 saturated heterocycles. The quantitative estimate of drug-likeness (QED) is 0.741. The van der Waals surface area contributed by atoms with Crippen LogP contribution < -0.4 is 5.32 Å². The van der Waals surface area contributed by atoms with Gasteiger partial charge in [-0.15, -0.1) is 0 Å². The van der Waals surface area contributed by atoms with Gasteiger partial charge in [0.15, 0.2) is 0 Å². The van der Waals surface area contributed by atoms with E-state index in [2.05, 4.69) is 74.8 Å². The lowest BCUT2D eigenvalue weighted by Crippen LogP contribution is -2.12. The zero-order chi connectivity index (χ0) is 13.1. The van der Waals surface area contributed by atoms with Gasteiger partial charge in [-0.1, -0.05) is 40.2 Å². The minimum atomic E-state index is 0.880. The first kappa shape index (κ1) is 12.5. The van der Waals surface area contributed by atoms with Gasteiger partial charge in [0.25, 0.3) is 0 Å². The van der Waals surface area contributed by atoms with Crippen molar-refractivity contribution < 1.29 is 0 Å². The second kappa shape index (κ2) is 5.59. The average molecular weight is 315 g/mol. The SMILES string of the molecule is Brc1ccc(CNCc2cccc3[nH]ccc23)cc1. The Kier molecular flexibility index (Phi) is 3.67. The number of aromatic amines is 1. The highest BCUT2D eigenvalue weighted by Gasteiger charge is 2.01. The van der Waals surface area contributed by atoms with E-state index in [1.54, 1.807) is 0 Å². The van der Waals surface area contributed by atoms with Crippen LogP contribution in [0.3, 0.4) is 0 Å². The third kappa shape index (κ3) is 2.88. The Bertz CT molecular complexity index is 671. The van der Waals surface area contributed by atoms with Gasteiger partial charge in [0.1, 0.15) is 0 Å². The first-order valence-electron chi connectivity index (χ1n) is 6.33. The highest BCUT2D eigenvalue weighted by molar-refractivity contribution is 9.10. The van der Waals surface area contributed by atoms with Crippen LogP contribution in [0.15, 0.2) is 59.2 Å². The fourth-order valence-corrected chi connectivity index (χ4v) is 2.51. The maximum atomic E-state index is 3.49. The van der Waals surface area contributed by atoms with Crippen LogP contribution >= 0.6 is 15.9 Å². The summed E-state index contributed by atoms with van der Waals surface area (Å²) in [6, 6.07) is 16.9. The number of fused-ring (bicyclic) bond motifs is 1. The van der Waals surface area contributed by atoms with E-state index in [9.17, 15) is 0 Å². The zero-order valence-corrected chi connectivity index (χ0v) is 12.1. The summed E-state index contributed by atoms with van der Waals surface area (Å²) < 4.78 is 1.12. The van der Waals surface area contributed by atoms with E-state index >= 15 is 0 Å². The third-order valence-corrected chi connectivity index (χ3v) is 3.77. The maximum absolute atomic E-state index is 3.49. The molecule has 0 atom stereocenters. The van der Waals surface area contributed by atoms with Gasteiger partial charge in [0.05, 0.1) is 0 Å². The first-order valence-corrected chi connectivity index (χ1v) is 7.12. The molecule has 0 aliphatic heterocycles. The molecule has 0 aliphatic rings. The van der Waals surface area contributed by atoms with Crippen LogP contribution in [0.1, 0.15) is 11.1 Å². The molecule has 0 amide bonds. The molecule has 0 radical (unpaired) electrons. The van der Waals surface area contributed by atoms with Crippen LogP contribution in [0.25, 0.3) is 10.9 Å². The van der Waals surface area contributed by atoms with Crippen LogP contribution in [0.2, 0.25) is 0 Å². The number of benzene rings is 2. The summed E-state index contributed by atoms with van der Waals surface area (Å²) in [6.45, 7) is 1.76. The van der Waals surface area contributed by atoms with E-state index in [1.165, 1.54) is 22.0 Å². The van der Waals surface area contributed by atoms with Crippen molar-refractivity contribution in [2.24, 2.45) is 0 Å². The number of aromatic nitrogens is 1. The predicted octanol–water partition coefficient (Wildman–Crippen LogP) is 4.22. The molecular weight excluding hydrogens is 300 g/mol. The van der Waals surface area contributed by atoms with E-state index in [0.717, 1.165) is 17.6 Å². The fourth-order valence-electron chi connectivity index (χ4n) is 2.25. The summed E-state index contributed by atoms with van der Waals surface area (Å²) in [6.07, 6.45) is 1.99. The highest BCUT2D eigenvalue weighted by atomic mass is 79.9. The number of nitrogens with one attached hydrogen (secondary N) is 2. The molecule has 2 nitrogen and oxygen atoms in total. The molecule has 2 N–H and O–H groups in total. The Morgan fingerprint density at radius 1 is 0.947 bits per heavy atom. The van der Waals surface area contributed by atoms with Gasteiger partial charge in [-0.2, -0.15) is 0 Å². The summed E-state index contributed by atoms with van der Waals surface area (Å²) >= 11 is 3.45. The van der Waals surface area contributed by atoms with Crippen LogP contribution in [-0.2, 0) is 13.1 Å². The standard InChI is InChI=1S/C16H15BrN2/c17-14-6-4-12(5-7-14)10-18-11-13-2-1-3-16-15(13)8-9-19-16/h1-9,18-19H,10-11H2.